The number of carbonyl (C=O) groups excluding carboxylic acids is 1. The van der Waals surface area contributed by atoms with E-state index in [4.69, 9.17) is 9.40 Å². The molecule has 0 saturated carbocycles. The number of fused-ring (bicyclic) bond motifs is 1. The second-order valence-electron chi connectivity index (χ2n) is 8.14. The smallest absolute Gasteiger partial charge is 0.225 e. The van der Waals surface area contributed by atoms with Crippen LogP contribution in [-0.4, -0.2) is 33.8 Å². The van der Waals surface area contributed by atoms with Gasteiger partial charge in [0, 0.05) is 13.1 Å². The third-order valence-corrected chi connectivity index (χ3v) is 6.96. The van der Waals surface area contributed by atoms with Crippen molar-refractivity contribution in [1.82, 2.24) is 20.1 Å². The third-order valence-electron chi connectivity index (χ3n) is 5.74. The Morgan fingerprint density at radius 2 is 2.06 bits per heavy atom. The normalized spacial score (nSPS) is 16.6. The number of piperidine rings is 1. The van der Waals surface area contributed by atoms with Crippen LogP contribution in [0.2, 0.25) is 0 Å². The Morgan fingerprint density at radius 3 is 2.81 bits per heavy atom. The van der Waals surface area contributed by atoms with Crippen LogP contribution in [0.3, 0.4) is 0 Å². The van der Waals surface area contributed by atoms with Gasteiger partial charge in [0.25, 0.3) is 0 Å². The van der Waals surface area contributed by atoms with Gasteiger partial charge in [0.2, 0.25) is 5.91 Å². The van der Waals surface area contributed by atoms with Crippen molar-refractivity contribution in [3.63, 3.8) is 0 Å². The van der Waals surface area contributed by atoms with Crippen LogP contribution in [0.25, 0.3) is 16.0 Å². The molecule has 1 aromatic carbocycles. The number of aromatic nitrogens is 3. The van der Waals surface area contributed by atoms with Gasteiger partial charge in [-0.05, 0) is 63.1 Å². The van der Waals surface area contributed by atoms with Crippen molar-refractivity contribution in [2.75, 3.05) is 18.0 Å². The zero-order valence-electron chi connectivity index (χ0n) is 18.0. The quantitative estimate of drug-likeness (QED) is 0.486. The number of nitrogens with one attached hydrogen (secondary N) is 1. The minimum absolute atomic E-state index is 0.0403. The molecular formula is C23H24FN5O2S. The lowest BCUT2D eigenvalue weighted by molar-refractivity contribution is -0.125. The van der Waals surface area contributed by atoms with Gasteiger partial charge in [0.1, 0.15) is 17.3 Å². The SMILES string of the molecule is Cc1ccc(CNC(=O)[C@@H]2CCCN(c3nc4c(s3)c(C)nn4-c3ccc(F)cc3)C2)o1. The number of hydrogen-bond donors (Lipinski definition) is 1. The zero-order valence-corrected chi connectivity index (χ0v) is 18.8. The molecule has 1 atom stereocenters. The number of rotatable bonds is 5. The van der Waals surface area contributed by atoms with Crippen LogP contribution in [-0.2, 0) is 11.3 Å². The van der Waals surface area contributed by atoms with E-state index in [1.807, 2.05) is 26.0 Å². The topological polar surface area (TPSA) is 76.2 Å². The largest absolute Gasteiger partial charge is 0.465 e. The number of furan rings is 1. The lowest BCUT2D eigenvalue weighted by Crippen LogP contribution is -2.42. The molecule has 1 amide bonds. The highest BCUT2D eigenvalue weighted by atomic mass is 32.1. The summed E-state index contributed by atoms with van der Waals surface area (Å²) in [4.78, 5) is 19.8. The Balaban J connectivity index is 1.33. The second kappa shape index (κ2) is 8.38. The predicted octanol–water partition coefficient (Wildman–Crippen LogP) is 4.36. The van der Waals surface area contributed by atoms with Gasteiger partial charge in [0.15, 0.2) is 10.8 Å². The molecule has 0 spiro atoms. The van der Waals surface area contributed by atoms with E-state index in [0.29, 0.717) is 13.1 Å². The van der Waals surface area contributed by atoms with Gasteiger partial charge in [-0.2, -0.15) is 10.1 Å². The summed E-state index contributed by atoms with van der Waals surface area (Å²) in [5.74, 6) is 1.26. The van der Waals surface area contributed by atoms with Gasteiger partial charge in [-0.15, -0.1) is 0 Å². The molecule has 7 nitrogen and oxygen atoms in total. The Morgan fingerprint density at radius 1 is 1.25 bits per heavy atom. The van der Waals surface area contributed by atoms with E-state index in [1.165, 1.54) is 12.1 Å². The maximum Gasteiger partial charge on any atom is 0.225 e. The molecule has 1 fully saturated rings. The Bertz CT molecular complexity index is 1260. The molecule has 166 valence electrons. The summed E-state index contributed by atoms with van der Waals surface area (Å²) in [5.41, 5.74) is 2.41. The molecule has 4 aromatic rings. The number of benzene rings is 1. The molecule has 0 aliphatic carbocycles. The predicted molar refractivity (Wildman–Crippen MR) is 122 cm³/mol. The van der Waals surface area contributed by atoms with Crippen LogP contribution in [0.4, 0.5) is 9.52 Å². The van der Waals surface area contributed by atoms with Crippen molar-refractivity contribution in [1.29, 1.82) is 0 Å². The fourth-order valence-corrected chi connectivity index (χ4v) is 5.11. The lowest BCUT2D eigenvalue weighted by Gasteiger charge is -2.31. The number of nitrogens with zero attached hydrogens (tertiary/aromatic N) is 4. The molecule has 1 aliphatic rings. The lowest BCUT2D eigenvalue weighted by atomic mass is 9.97. The monoisotopic (exact) mass is 453 g/mol. The van der Waals surface area contributed by atoms with Gasteiger partial charge < -0.3 is 14.6 Å². The van der Waals surface area contributed by atoms with Crippen LogP contribution >= 0.6 is 11.3 Å². The summed E-state index contributed by atoms with van der Waals surface area (Å²) in [6.45, 7) is 5.73. The van der Waals surface area contributed by atoms with E-state index in [-0.39, 0.29) is 17.6 Å². The average Bonchev–Trinajstić information content (AvgIpc) is 3.49. The number of halogens is 1. The highest BCUT2D eigenvalue weighted by Crippen LogP contribution is 2.34. The first-order chi connectivity index (χ1) is 15.5. The van der Waals surface area contributed by atoms with E-state index < -0.39 is 0 Å². The maximum atomic E-state index is 13.3. The second-order valence-corrected chi connectivity index (χ2v) is 9.12. The summed E-state index contributed by atoms with van der Waals surface area (Å²) >= 11 is 1.59. The van der Waals surface area contributed by atoms with Gasteiger partial charge in [-0.1, -0.05) is 11.3 Å². The van der Waals surface area contributed by atoms with E-state index in [2.05, 4.69) is 15.3 Å². The number of anilines is 1. The van der Waals surface area contributed by atoms with E-state index >= 15 is 0 Å². The van der Waals surface area contributed by atoms with E-state index in [1.54, 1.807) is 28.2 Å². The van der Waals surface area contributed by atoms with Crippen LogP contribution in [0, 0.1) is 25.6 Å². The highest BCUT2D eigenvalue weighted by molar-refractivity contribution is 7.22. The number of thiazole rings is 1. The van der Waals surface area contributed by atoms with E-state index in [9.17, 15) is 9.18 Å². The van der Waals surface area contributed by atoms with Gasteiger partial charge >= 0.3 is 0 Å². The fourth-order valence-electron chi connectivity index (χ4n) is 4.08. The molecule has 5 rings (SSSR count). The number of aryl methyl sites for hydroxylation is 2. The summed E-state index contributed by atoms with van der Waals surface area (Å²) in [6, 6.07) is 10.0. The summed E-state index contributed by atoms with van der Waals surface area (Å²) in [5, 5.41) is 8.47. The van der Waals surface area contributed by atoms with Crippen molar-refractivity contribution in [2.24, 2.45) is 5.92 Å². The molecule has 32 heavy (non-hydrogen) atoms. The average molecular weight is 454 g/mol. The summed E-state index contributed by atoms with van der Waals surface area (Å²) in [6.07, 6.45) is 1.78. The van der Waals surface area contributed by atoms with Crippen LogP contribution in [0.1, 0.15) is 30.1 Å². The Hall–Kier alpha value is -3.20. The number of amides is 1. The highest BCUT2D eigenvalue weighted by Gasteiger charge is 2.28. The number of hydrogen-bond acceptors (Lipinski definition) is 6. The molecule has 4 heterocycles. The molecule has 9 heteroatoms. The molecular weight excluding hydrogens is 429 g/mol. The first kappa shape index (κ1) is 20.7. The molecule has 0 bridgehead atoms. The van der Waals surface area contributed by atoms with Gasteiger partial charge in [0.05, 0.1) is 28.5 Å². The van der Waals surface area contributed by atoms with Crippen LogP contribution in [0.15, 0.2) is 40.8 Å². The summed E-state index contributed by atoms with van der Waals surface area (Å²) < 4.78 is 21.6. The molecule has 0 unspecified atom stereocenters. The Labute approximate surface area is 188 Å². The Kier molecular flexibility index (Phi) is 5.42. The molecule has 1 saturated heterocycles. The standard InChI is InChI=1S/C23H24FN5O2S/c1-14-5-10-19(31-14)12-25-22(30)16-4-3-11-28(13-16)23-26-21-20(32-23)15(2)27-29(21)18-8-6-17(24)7-9-18/h5-10,16H,3-4,11-13H2,1-2H3,(H,25,30)/t16-/m1/s1. The molecule has 3 aromatic heterocycles. The van der Waals surface area contributed by atoms with Gasteiger partial charge in [-0.25, -0.2) is 9.07 Å². The third kappa shape index (κ3) is 4.00. The zero-order chi connectivity index (χ0) is 22.2. The van der Waals surface area contributed by atoms with Crippen molar-refractivity contribution >= 4 is 32.7 Å². The molecule has 1 aliphatic heterocycles. The first-order valence-corrected chi connectivity index (χ1v) is 11.5. The van der Waals surface area contributed by atoms with Crippen molar-refractivity contribution in [2.45, 2.75) is 33.2 Å². The van der Waals surface area contributed by atoms with Crippen molar-refractivity contribution in [3.8, 4) is 5.69 Å². The fraction of sp³-hybridized carbons (Fsp3) is 0.348. The minimum atomic E-state index is -0.285. The van der Waals surface area contributed by atoms with E-state index in [0.717, 1.165) is 57.8 Å². The minimum Gasteiger partial charge on any atom is -0.465 e. The van der Waals surface area contributed by atoms with Crippen molar-refractivity contribution < 1.29 is 13.6 Å². The summed E-state index contributed by atoms with van der Waals surface area (Å²) in [7, 11) is 0. The van der Waals surface area contributed by atoms with Crippen LogP contribution in [0.5, 0.6) is 0 Å². The molecule has 1 N–H and O–H groups in total. The number of carbonyl (C=O) groups is 1. The molecule has 0 radical (unpaired) electrons. The van der Waals surface area contributed by atoms with Crippen molar-refractivity contribution in [3.05, 3.63) is 59.4 Å². The first-order valence-electron chi connectivity index (χ1n) is 10.7. The van der Waals surface area contributed by atoms with Gasteiger partial charge in [-0.3, -0.25) is 4.79 Å². The maximum absolute atomic E-state index is 13.3. The van der Waals surface area contributed by atoms with Crippen LogP contribution < -0.4 is 10.2 Å².